The van der Waals surface area contributed by atoms with Crippen molar-refractivity contribution >= 4 is 44.8 Å². The molecule has 2 heterocycles. The molecule has 4 aromatic rings. The Balaban J connectivity index is 0.00000304. The van der Waals surface area contributed by atoms with Crippen LogP contribution in [0, 0.1) is 37.8 Å². The molecular formula is C28H27BrN4O2S. The molecule has 3 aromatic carbocycles. The lowest BCUT2D eigenvalue weighted by atomic mass is 9.95. The molecule has 0 amide bonds. The molecule has 1 aliphatic heterocycles. The van der Waals surface area contributed by atoms with Gasteiger partial charge in [-0.3, -0.25) is 10.1 Å². The molecule has 1 unspecified atom stereocenters. The van der Waals surface area contributed by atoms with Crippen molar-refractivity contribution in [3.05, 3.63) is 110 Å². The standard InChI is InChI=1S/C28H26N4O2S.BrH/c1-17-8-9-19(3)24(12-17)25-15-27(22-6-5-7-23(14-22)32(33)34)31(30-25)28-29-26(16-35-28)21-11-10-18(2)20(4)13-21;/h5-14,16,27H,15H2,1-4H3;1H. The van der Waals surface area contributed by atoms with Crippen LogP contribution in [0.5, 0.6) is 0 Å². The Morgan fingerprint density at radius 2 is 1.75 bits per heavy atom. The van der Waals surface area contributed by atoms with E-state index in [0.717, 1.165) is 38.8 Å². The van der Waals surface area contributed by atoms with Crippen molar-refractivity contribution in [2.75, 3.05) is 5.01 Å². The molecule has 0 radical (unpaired) electrons. The first-order chi connectivity index (χ1) is 16.8. The number of thiazole rings is 1. The maximum atomic E-state index is 11.5. The van der Waals surface area contributed by atoms with Gasteiger partial charge in [-0.15, -0.1) is 28.3 Å². The number of rotatable bonds is 5. The van der Waals surface area contributed by atoms with E-state index in [9.17, 15) is 10.1 Å². The summed E-state index contributed by atoms with van der Waals surface area (Å²) in [5.74, 6) is 0. The van der Waals surface area contributed by atoms with Gasteiger partial charge in [0, 0.05) is 35.1 Å². The Morgan fingerprint density at radius 3 is 2.50 bits per heavy atom. The summed E-state index contributed by atoms with van der Waals surface area (Å²) in [6.45, 7) is 8.36. The average molecular weight is 564 g/mol. The first-order valence-electron chi connectivity index (χ1n) is 11.5. The minimum absolute atomic E-state index is 0. The van der Waals surface area contributed by atoms with Crippen molar-refractivity contribution in [3.8, 4) is 11.3 Å². The SMILES string of the molecule is Br.Cc1ccc(C)c(C2=NN(c3nc(-c4ccc(C)c(C)c4)cs3)C(c3cccc([N+](=O)[O-])c3)C2)c1. The number of nitrogens with zero attached hydrogens (tertiary/aromatic N) is 4. The lowest BCUT2D eigenvalue weighted by Crippen LogP contribution is -2.18. The van der Waals surface area contributed by atoms with Crippen LogP contribution in [-0.2, 0) is 0 Å². The third-order valence-electron chi connectivity index (χ3n) is 6.57. The quantitative estimate of drug-likeness (QED) is 0.183. The third-order valence-corrected chi connectivity index (χ3v) is 7.40. The van der Waals surface area contributed by atoms with E-state index in [4.69, 9.17) is 10.1 Å². The van der Waals surface area contributed by atoms with E-state index in [1.807, 2.05) is 11.1 Å². The van der Waals surface area contributed by atoms with Gasteiger partial charge in [-0.2, -0.15) is 5.10 Å². The zero-order chi connectivity index (χ0) is 24.7. The smallest absolute Gasteiger partial charge is 0.258 e. The van der Waals surface area contributed by atoms with Gasteiger partial charge in [0.2, 0.25) is 5.13 Å². The molecule has 1 aromatic heterocycles. The molecule has 8 heteroatoms. The highest BCUT2D eigenvalue weighted by atomic mass is 79.9. The van der Waals surface area contributed by atoms with Gasteiger partial charge in [-0.05, 0) is 62.1 Å². The van der Waals surface area contributed by atoms with E-state index in [-0.39, 0.29) is 33.6 Å². The molecule has 1 aliphatic rings. The molecule has 0 saturated heterocycles. The van der Waals surface area contributed by atoms with Gasteiger partial charge in [-0.1, -0.05) is 42.0 Å². The average Bonchev–Trinajstić information content (AvgIpc) is 3.50. The Hall–Kier alpha value is -3.36. The van der Waals surface area contributed by atoms with E-state index >= 15 is 0 Å². The van der Waals surface area contributed by atoms with Crippen LogP contribution in [-0.4, -0.2) is 15.6 Å². The minimum Gasteiger partial charge on any atom is -0.258 e. The molecule has 184 valence electrons. The van der Waals surface area contributed by atoms with Crippen molar-refractivity contribution < 1.29 is 4.92 Å². The predicted octanol–water partition coefficient (Wildman–Crippen LogP) is 7.89. The molecule has 0 saturated carbocycles. The molecule has 0 spiro atoms. The van der Waals surface area contributed by atoms with E-state index in [0.29, 0.717) is 6.42 Å². The van der Waals surface area contributed by atoms with Gasteiger partial charge in [0.25, 0.3) is 5.69 Å². The summed E-state index contributed by atoms with van der Waals surface area (Å²) in [5.41, 5.74) is 9.78. The van der Waals surface area contributed by atoms with Gasteiger partial charge in [0.1, 0.15) is 0 Å². The fourth-order valence-corrected chi connectivity index (χ4v) is 5.24. The molecule has 0 bridgehead atoms. The lowest BCUT2D eigenvalue weighted by Gasteiger charge is -2.21. The molecule has 0 aliphatic carbocycles. The van der Waals surface area contributed by atoms with Crippen LogP contribution in [0.1, 0.15) is 45.8 Å². The topological polar surface area (TPSA) is 71.6 Å². The van der Waals surface area contributed by atoms with Crippen molar-refractivity contribution in [1.29, 1.82) is 0 Å². The van der Waals surface area contributed by atoms with E-state index in [2.05, 4.69) is 69.5 Å². The fraction of sp³-hybridized carbons (Fsp3) is 0.214. The van der Waals surface area contributed by atoms with Crippen LogP contribution in [0.15, 0.2) is 71.1 Å². The zero-order valence-electron chi connectivity index (χ0n) is 20.6. The highest BCUT2D eigenvalue weighted by molar-refractivity contribution is 8.93. The van der Waals surface area contributed by atoms with Crippen LogP contribution in [0.4, 0.5) is 10.8 Å². The molecule has 5 rings (SSSR count). The Bertz CT molecular complexity index is 1480. The van der Waals surface area contributed by atoms with Gasteiger partial charge >= 0.3 is 0 Å². The van der Waals surface area contributed by atoms with E-state index in [1.165, 1.54) is 34.1 Å². The van der Waals surface area contributed by atoms with Crippen LogP contribution < -0.4 is 5.01 Å². The number of hydrazone groups is 1. The Kier molecular flexibility index (Phi) is 7.38. The summed E-state index contributed by atoms with van der Waals surface area (Å²) in [5, 5.41) is 21.2. The molecule has 0 fully saturated rings. The largest absolute Gasteiger partial charge is 0.269 e. The van der Waals surface area contributed by atoms with Crippen LogP contribution >= 0.6 is 28.3 Å². The second-order valence-corrected chi connectivity index (χ2v) is 9.93. The highest BCUT2D eigenvalue weighted by Crippen LogP contribution is 2.40. The molecule has 0 N–H and O–H groups in total. The number of benzene rings is 3. The number of nitro benzene ring substituents is 1. The summed E-state index contributed by atoms with van der Waals surface area (Å²) in [7, 11) is 0. The van der Waals surface area contributed by atoms with Gasteiger partial charge < -0.3 is 0 Å². The number of halogens is 1. The zero-order valence-corrected chi connectivity index (χ0v) is 23.1. The normalized spacial score (nSPS) is 14.9. The summed E-state index contributed by atoms with van der Waals surface area (Å²) in [6, 6.07) is 19.4. The third kappa shape index (κ3) is 4.96. The number of non-ortho nitro benzene ring substituents is 1. The number of nitro groups is 1. The first-order valence-corrected chi connectivity index (χ1v) is 12.4. The highest BCUT2D eigenvalue weighted by Gasteiger charge is 2.33. The predicted molar refractivity (Wildman–Crippen MR) is 153 cm³/mol. The monoisotopic (exact) mass is 562 g/mol. The van der Waals surface area contributed by atoms with Crippen LogP contribution in [0.3, 0.4) is 0 Å². The first kappa shape index (κ1) is 25.7. The number of aromatic nitrogens is 1. The number of hydrogen-bond acceptors (Lipinski definition) is 6. The summed E-state index contributed by atoms with van der Waals surface area (Å²) < 4.78 is 0. The lowest BCUT2D eigenvalue weighted by molar-refractivity contribution is -0.384. The van der Waals surface area contributed by atoms with Gasteiger partial charge in [0.05, 0.1) is 22.4 Å². The molecule has 36 heavy (non-hydrogen) atoms. The van der Waals surface area contributed by atoms with Crippen molar-refractivity contribution in [2.24, 2.45) is 5.10 Å². The van der Waals surface area contributed by atoms with Crippen molar-refractivity contribution in [3.63, 3.8) is 0 Å². The van der Waals surface area contributed by atoms with Crippen LogP contribution in [0.2, 0.25) is 0 Å². The van der Waals surface area contributed by atoms with Crippen LogP contribution in [0.25, 0.3) is 11.3 Å². The van der Waals surface area contributed by atoms with E-state index in [1.54, 1.807) is 12.1 Å². The summed E-state index contributed by atoms with van der Waals surface area (Å²) >= 11 is 1.54. The second-order valence-electron chi connectivity index (χ2n) is 9.10. The van der Waals surface area contributed by atoms with E-state index < -0.39 is 0 Å². The Labute approximate surface area is 225 Å². The van der Waals surface area contributed by atoms with Gasteiger partial charge in [-0.25, -0.2) is 9.99 Å². The second kappa shape index (κ2) is 10.3. The fourth-order valence-electron chi connectivity index (χ4n) is 4.40. The van der Waals surface area contributed by atoms with Crippen molar-refractivity contribution in [2.45, 2.75) is 40.2 Å². The van der Waals surface area contributed by atoms with Gasteiger partial charge in [0.15, 0.2) is 0 Å². The maximum absolute atomic E-state index is 11.5. The number of aryl methyl sites for hydroxylation is 4. The number of hydrogen-bond donors (Lipinski definition) is 0. The molecular weight excluding hydrogens is 536 g/mol. The molecule has 6 nitrogen and oxygen atoms in total. The van der Waals surface area contributed by atoms with Crippen molar-refractivity contribution in [1.82, 2.24) is 4.98 Å². The summed E-state index contributed by atoms with van der Waals surface area (Å²) in [6.07, 6.45) is 0.643. The maximum Gasteiger partial charge on any atom is 0.269 e. The summed E-state index contributed by atoms with van der Waals surface area (Å²) in [4.78, 5) is 16.0. The molecule has 1 atom stereocenters. The Morgan fingerprint density at radius 1 is 0.972 bits per heavy atom. The minimum atomic E-state index is -0.351. The number of anilines is 1.